The second kappa shape index (κ2) is 51.7. The Kier molecular flexibility index (Phi) is 49.8. The minimum atomic E-state index is -4.30. The molecule has 64 heavy (non-hydrogen) atoms. The van der Waals surface area contributed by atoms with Gasteiger partial charge < -0.3 is 20.1 Å². The molecule has 0 saturated carbocycles. The Labute approximate surface area is 394 Å². The first kappa shape index (κ1) is 61.7. The summed E-state index contributed by atoms with van der Waals surface area (Å²) in [6.45, 7) is 4.76. The zero-order valence-corrected chi connectivity index (χ0v) is 42.1. The fourth-order valence-electron chi connectivity index (χ4n) is 7.00. The van der Waals surface area contributed by atoms with Crippen molar-refractivity contribution in [3.63, 3.8) is 0 Å². The molecule has 2 atom stereocenters. The Morgan fingerprint density at radius 2 is 0.875 bits per heavy atom. The van der Waals surface area contributed by atoms with Crippen LogP contribution in [0.1, 0.15) is 219 Å². The normalized spacial score (nSPS) is 14.0. The van der Waals surface area contributed by atoms with Crippen molar-refractivity contribution in [3.05, 3.63) is 85.1 Å². The minimum absolute atomic E-state index is 0.0908. The predicted molar refractivity (Wildman–Crippen MR) is 275 cm³/mol. The molecule has 0 spiro atoms. The van der Waals surface area contributed by atoms with Crippen molar-refractivity contribution < 1.29 is 32.8 Å². The second-order valence-electron chi connectivity index (χ2n) is 17.0. The fraction of sp³-hybridized carbons (Fsp3) is 0.727. The number of carbonyl (C=O) groups is 1. The minimum Gasteiger partial charge on any atom is -0.457 e. The van der Waals surface area contributed by atoms with E-state index in [9.17, 15) is 14.3 Å². The third-order valence-electron chi connectivity index (χ3n) is 10.8. The Morgan fingerprint density at radius 1 is 0.484 bits per heavy atom. The van der Waals surface area contributed by atoms with Gasteiger partial charge in [0.2, 0.25) is 0 Å². The lowest BCUT2D eigenvalue weighted by Crippen LogP contribution is -2.28. The van der Waals surface area contributed by atoms with Crippen molar-refractivity contribution >= 4 is 13.8 Å². The van der Waals surface area contributed by atoms with Crippen molar-refractivity contribution in [1.29, 1.82) is 0 Å². The third kappa shape index (κ3) is 50.7. The van der Waals surface area contributed by atoms with Crippen LogP contribution in [0.4, 0.5) is 0 Å². The maximum atomic E-state index is 12.6. The lowest BCUT2D eigenvalue weighted by Gasteiger charge is -2.20. The van der Waals surface area contributed by atoms with Gasteiger partial charge in [-0.3, -0.25) is 13.8 Å². The molecule has 0 aromatic carbocycles. The molecule has 370 valence electrons. The van der Waals surface area contributed by atoms with Crippen LogP contribution in [0.2, 0.25) is 0 Å². The Morgan fingerprint density at radius 3 is 1.31 bits per heavy atom. The SMILES string of the molecule is CC/C=C\C/C=C\C/C=C\C/C=C\C/C=C\CCCCCC(=O)OC(COCCCCCCCCCCCCCCCC/C=C\C/C=C\CCCCCCC)COP(=O)(O)OCCN. The molecule has 0 amide bonds. The molecule has 0 saturated heterocycles. The van der Waals surface area contributed by atoms with Crippen molar-refractivity contribution in [2.24, 2.45) is 5.73 Å². The first-order valence-electron chi connectivity index (χ1n) is 26.1. The van der Waals surface area contributed by atoms with E-state index in [1.165, 1.54) is 122 Å². The zero-order chi connectivity index (χ0) is 46.5. The molecule has 0 aromatic heterocycles. The summed E-state index contributed by atoms with van der Waals surface area (Å²) in [5.41, 5.74) is 5.39. The number of rotatable bonds is 49. The highest BCUT2D eigenvalue weighted by atomic mass is 31.2. The van der Waals surface area contributed by atoms with E-state index in [1.54, 1.807) is 0 Å². The van der Waals surface area contributed by atoms with Gasteiger partial charge in [-0.05, 0) is 89.9 Å². The van der Waals surface area contributed by atoms with E-state index in [0.717, 1.165) is 70.6 Å². The molecule has 3 N–H and O–H groups in total. The van der Waals surface area contributed by atoms with Gasteiger partial charge in [0, 0.05) is 19.6 Å². The van der Waals surface area contributed by atoms with Gasteiger partial charge in [0.1, 0.15) is 6.10 Å². The molecule has 0 aliphatic heterocycles. The molecule has 0 rings (SSSR count). The lowest BCUT2D eigenvalue weighted by molar-refractivity contribution is -0.154. The van der Waals surface area contributed by atoms with Gasteiger partial charge in [-0.25, -0.2) is 4.57 Å². The van der Waals surface area contributed by atoms with Crippen molar-refractivity contribution in [3.8, 4) is 0 Å². The fourth-order valence-corrected chi connectivity index (χ4v) is 7.76. The van der Waals surface area contributed by atoms with Crippen LogP contribution in [0.5, 0.6) is 0 Å². The number of carbonyl (C=O) groups excluding carboxylic acids is 1. The summed E-state index contributed by atoms with van der Waals surface area (Å²) in [5, 5.41) is 0. The van der Waals surface area contributed by atoms with Crippen LogP contribution >= 0.6 is 7.82 Å². The standard InChI is InChI=1S/C55H98NO7P/c1-3-5-7-9-11-13-15-17-19-21-23-24-25-26-27-28-29-31-33-35-37-39-41-43-45-47-50-60-52-54(53-62-64(58,59)61-51-49-56)63-55(57)48-46-44-42-40-38-36-34-32-30-22-20-18-16-14-12-10-8-6-4-2/h6,8,12,14-15,17-18,20-21,23,30,32,36,38,54H,3-5,7,9-11,13,16,19,22,24-29,31,33-35,37,39-53,56H2,1-2H3,(H,58,59)/b8-6-,14-12-,17-15-,20-18-,23-21-,32-30-,38-36-. The number of allylic oxidation sites excluding steroid dienone is 14. The van der Waals surface area contributed by atoms with Gasteiger partial charge in [-0.2, -0.15) is 0 Å². The summed E-state index contributed by atoms with van der Waals surface area (Å²) >= 11 is 0. The van der Waals surface area contributed by atoms with E-state index in [4.69, 9.17) is 24.3 Å². The van der Waals surface area contributed by atoms with E-state index in [-0.39, 0.29) is 38.8 Å². The Balaban J connectivity index is 3.97. The highest BCUT2D eigenvalue weighted by Gasteiger charge is 2.25. The maximum Gasteiger partial charge on any atom is 0.472 e. The number of phosphoric acid groups is 1. The van der Waals surface area contributed by atoms with Crippen LogP contribution in [0.15, 0.2) is 85.1 Å². The summed E-state index contributed by atoms with van der Waals surface area (Å²) in [6, 6.07) is 0. The van der Waals surface area contributed by atoms with Crippen LogP contribution in [0.25, 0.3) is 0 Å². The molecule has 9 heteroatoms. The number of hydrogen-bond donors (Lipinski definition) is 2. The number of nitrogens with two attached hydrogens (primary N) is 1. The highest BCUT2D eigenvalue weighted by Crippen LogP contribution is 2.43. The molecule has 0 bridgehead atoms. The van der Waals surface area contributed by atoms with Crippen molar-refractivity contribution in [2.45, 2.75) is 225 Å². The number of ether oxygens (including phenoxy) is 2. The predicted octanol–water partition coefficient (Wildman–Crippen LogP) is 16.4. The largest absolute Gasteiger partial charge is 0.472 e. The van der Waals surface area contributed by atoms with E-state index in [1.807, 2.05) is 0 Å². The van der Waals surface area contributed by atoms with Gasteiger partial charge in [0.15, 0.2) is 0 Å². The molecular weight excluding hydrogens is 818 g/mol. The molecule has 2 unspecified atom stereocenters. The molecule has 0 radical (unpaired) electrons. The van der Waals surface area contributed by atoms with Crippen LogP contribution in [0.3, 0.4) is 0 Å². The number of esters is 1. The molecule has 0 aliphatic rings. The lowest BCUT2D eigenvalue weighted by atomic mass is 10.0. The Bertz CT molecular complexity index is 1260. The van der Waals surface area contributed by atoms with Crippen LogP contribution in [-0.2, 0) is 27.9 Å². The monoisotopic (exact) mass is 916 g/mol. The first-order valence-corrected chi connectivity index (χ1v) is 27.6. The average molecular weight is 916 g/mol. The first-order chi connectivity index (χ1) is 31.4. The number of unbranched alkanes of at least 4 members (excludes halogenated alkanes) is 22. The summed E-state index contributed by atoms with van der Waals surface area (Å²) in [7, 11) is -4.30. The molecule has 0 fully saturated rings. The molecular formula is C55H98NO7P. The topological polar surface area (TPSA) is 117 Å². The van der Waals surface area contributed by atoms with Crippen molar-refractivity contribution in [2.75, 3.05) is 33.0 Å². The summed E-state index contributed by atoms with van der Waals surface area (Å²) < 4.78 is 33.6. The maximum absolute atomic E-state index is 12.6. The Hall–Kier alpha value is -2.32. The summed E-state index contributed by atoms with van der Waals surface area (Å²) in [6.07, 6.45) is 67.7. The molecule has 0 aromatic rings. The van der Waals surface area contributed by atoms with E-state index in [2.05, 4.69) is 98.9 Å². The van der Waals surface area contributed by atoms with E-state index >= 15 is 0 Å². The highest BCUT2D eigenvalue weighted by molar-refractivity contribution is 7.47. The number of hydrogen-bond acceptors (Lipinski definition) is 7. The van der Waals surface area contributed by atoms with Gasteiger partial charge in [-0.1, -0.05) is 208 Å². The quantitative estimate of drug-likeness (QED) is 0.0268. The summed E-state index contributed by atoms with van der Waals surface area (Å²) in [5.74, 6) is -0.362. The van der Waals surface area contributed by atoms with Crippen molar-refractivity contribution in [1.82, 2.24) is 0 Å². The van der Waals surface area contributed by atoms with Crippen LogP contribution < -0.4 is 5.73 Å². The van der Waals surface area contributed by atoms with Gasteiger partial charge in [-0.15, -0.1) is 0 Å². The zero-order valence-electron chi connectivity index (χ0n) is 41.2. The van der Waals surface area contributed by atoms with Gasteiger partial charge >= 0.3 is 13.8 Å². The molecule has 8 nitrogen and oxygen atoms in total. The molecule has 0 heterocycles. The average Bonchev–Trinajstić information content (AvgIpc) is 3.29. The van der Waals surface area contributed by atoms with E-state index < -0.39 is 13.9 Å². The smallest absolute Gasteiger partial charge is 0.457 e. The van der Waals surface area contributed by atoms with Gasteiger partial charge in [0.25, 0.3) is 0 Å². The second-order valence-corrected chi connectivity index (χ2v) is 18.5. The van der Waals surface area contributed by atoms with Crippen LogP contribution in [-0.4, -0.2) is 49.9 Å². The van der Waals surface area contributed by atoms with Crippen LogP contribution in [0, 0.1) is 0 Å². The van der Waals surface area contributed by atoms with Gasteiger partial charge in [0.05, 0.1) is 19.8 Å². The summed E-state index contributed by atoms with van der Waals surface area (Å²) in [4.78, 5) is 22.6. The van der Waals surface area contributed by atoms with E-state index in [0.29, 0.717) is 13.0 Å². The number of phosphoric ester groups is 1. The third-order valence-corrected chi connectivity index (χ3v) is 11.8. The molecule has 0 aliphatic carbocycles.